The fourth-order valence-corrected chi connectivity index (χ4v) is 4.07. The summed E-state index contributed by atoms with van der Waals surface area (Å²) in [5.74, 6) is 1.50. The fraction of sp³-hybridized carbons (Fsp3) is 0.300. The van der Waals surface area contributed by atoms with E-state index in [1.165, 1.54) is 29.3 Å². The van der Waals surface area contributed by atoms with Gasteiger partial charge in [-0.05, 0) is 43.9 Å². The maximum Gasteiger partial charge on any atom is 0.234 e. The van der Waals surface area contributed by atoms with Gasteiger partial charge in [0.2, 0.25) is 5.91 Å². The lowest BCUT2D eigenvalue weighted by molar-refractivity contribution is -0.113. The minimum Gasteiger partial charge on any atom is -0.495 e. The molecule has 1 aliphatic carbocycles. The van der Waals surface area contributed by atoms with Crippen molar-refractivity contribution in [1.29, 1.82) is 0 Å². The highest BCUT2D eigenvalue weighted by Crippen LogP contribution is 2.28. The number of nitrogens with one attached hydrogen (secondary N) is 1. The molecule has 0 spiro atoms. The van der Waals surface area contributed by atoms with Crippen molar-refractivity contribution < 1.29 is 9.53 Å². The first-order valence-electron chi connectivity index (χ1n) is 9.11. The number of nitrogens with zero attached hydrogens (tertiary/aromatic N) is 4. The summed E-state index contributed by atoms with van der Waals surface area (Å²) < 4.78 is 7.18. The van der Waals surface area contributed by atoms with Crippen LogP contribution < -0.4 is 10.1 Å². The number of benzene rings is 1. The van der Waals surface area contributed by atoms with Gasteiger partial charge in [-0.25, -0.2) is 14.6 Å². The summed E-state index contributed by atoms with van der Waals surface area (Å²) in [6, 6.07) is 9.22. The number of aryl methyl sites for hydroxylation is 1. The van der Waals surface area contributed by atoms with E-state index in [1.807, 2.05) is 41.9 Å². The minimum absolute atomic E-state index is 0.120. The van der Waals surface area contributed by atoms with Crippen molar-refractivity contribution in [2.75, 3.05) is 18.2 Å². The number of anilines is 1. The molecule has 0 atom stereocenters. The standard InChI is InChI=1S/C20H21N5O2S/c1-13-14-6-5-8-16(14)25(24-13)18-10-20(22-12-21-18)28-11-19(26)23-15-7-3-4-9-17(15)27-2/h3-4,7,9-10,12H,5-6,8,11H2,1-2H3,(H,23,26). The van der Waals surface area contributed by atoms with Crippen LogP contribution in [0.2, 0.25) is 0 Å². The number of aromatic nitrogens is 4. The molecule has 0 radical (unpaired) electrons. The van der Waals surface area contributed by atoms with E-state index in [1.54, 1.807) is 7.11 Å². The monoisotopic (exact) mass is 395 g/mol. The first-order chi connectivity index (χ1) is 13.7. The summed E-state index contributed by atoms with van der Waals surface area (Å²) in [7, 11) is 1.58. The Kier molecular flexibility index (Phi) is 5.29. The molecule has 8 heteroatoms. The summed E-state index contributed by atoms with van der Waals surface area (Å²) >= 11 is 1.37. The van der Waals surface area contributed by atoms with Crippen molar-refractivity contribution in [2.24, 2.45) is 0 Å². The maximum atomic E-state index is 12.3. The van der Waals surface area contributed by atoms with Gasteiger partial charge in [-0.15, -0.1) is 0 Å². The van der Waals surface area contributed by atoms with Gasteiger partial charge in [-0.1, -0.05) is 23.9 Å². The van der Waals surface area contributed by atoms with Crippen LogP contribution in [0.15, 0.2) is 41.7 Å². The average molecular weight is 395 g/mol. The van der Waals surface area contributed by atoms with Gasteiger partial charge in [0.15, 0.2) is 5.82 Å². The van der Waals surface area contributed by atoms with E-state index in [9.17, 15) is 4.79 Å². The first kappa shape index (κ1) is 18.5. The third-order valence-electron chi connectivity index (χ3n) is 4.71. The van der Waals surface area contributed by atoms with Gasteiger partial charge in [0.25, 0.3) is 0 Å². The third-order valence-corrected chi connectivity index (χ3v) is 5.63. The van der Waals surface area contributed by atoms with Crippen molar-refractivity contribution in [1.82, 2.24) is 19.7 Å². The van der Waals surface area contributed by atoms with E-state index < -0.39 is 0 Å². The number of rotatable bonds is 6. The van der Waals surface area contributed by atoms with Gasteiger partial charge < -0.3 is 10.1 Å². The molecule has 2 aromatic heterocycles. The van der Waals surface area contributed by atoms with Gasteiger partial charge in [0.1, 0.15) is 17.1 Å². The number of hydrogen-bond acceptors (Lipinski definition) is 6. The number of para-hydroxylation sites is 2. The van der Waals surface area contributed by atoms with Crippen LogP contribution in [-0.4, -0.2) is 38.5 Å². The molecule has 7 nitrogen and oxygen atoms in total. The molecule has 0 aliphatic heterocycles. The molecule has 0 unspecified atom stereocenters. The van der Waals surface area contributed by atoms with Crippen LogP contribution in [-0.2, 0) is 17.6 Å². The molecule has 1 N–H and O–H groups in total. The van der Waals surface area contributed by atoms with Crippen molar-refractivity contribution >= 4 is 23.4 Å². The highest BCUT2D eigenvalue weighted by molar-refractivity contribution is 7.99. The number of amides is 1. The molecule has 28 heavy (non-hydrogen) atoms. The van der Waals surface area contributed by atoms with E-state index in [0.29, 0.717) is 11.4 Å². The van der Waals surface area contributed by atoms with E-state index in [-0.39, 0.29) is 11.7 Å². The van der Waals surface area contributed by atoms with Crippen molar-refractivity contribution in [2.45, 2.75) is 31.2 Å². The SMILES string of the molecule is COc1ccccc1NC(=O)CSc1cc(-n2nc(C)c3c2CCC3)ncn1. The molecular formula is C20H21N5O2S. The minimum atomic E-state index is -0.120. The highest BCUT2D eigenvalue weighted by atomic mass is 32.2. The van der Waals surface area contributed by atoms with Crippen LogP contribution in [0.4, 0.5) is 5.69 Å². The highest BCUT2D eigenvalue weighted by Gasteiger charge is 2.21. The lowest BCUT2D eigenvalue weighted by Crippen LogP contribution is -2.14. The average Bonchev–Trinajstić information content (AvgIpc) is 3.31. The molecule has 4 rings (SSSR count). The second kappa shape index (κ2) is 8.02. The zero-order valence-corrected chi connectivity index (χ0v) is 16.6. The zero-order valence-electron chi connectivity index (χ0n) is 15.8. The molecular weight excluding hydrogens is 374 g/mol. The second-order valence-electron chi connectivity index (χ2n) is 6.53. The Hall–Kier alpha value is -2.87. The van der Waals surface area contributed by atoms with E-state index in [4.69, 9.17) is 4.74 Å². The predicted molar refractivity (Wildman–Crippen MR) is 108 cm³/mol. The lowest BCUT2D eigenvalue weighted by Gasteiger charge is -2.10. The van der Waals surface area contributed by atoms with E-state index in [2.05, 4.69) is 20.4 Å². The Morgan fingerprint density at radius 1 is 1.29 bits per heavy atom. The topological polar surface area (TPSA) is 81.9 Å². The number of carbonyl (C=O) groups is 1. The molecule has 0 bridgehead atoms. The van der Waals surface area contributed by atoms with Gasteiger partial charge in [0, 0.05) is 11.8 Å². The Morgan fingerprint density at radius 2 is 2.14 bits per heavy atom. The molecule has 3 aromatic rings. The van der Waals surface area contributed by atoms with Crippen LogP contribution in [0, 0.1) is 6.92 Å². The largest absolute Gasteiger partial charge is 0.495 e. The normalized spacial score (nSPS) is 12.6. The number of hydrogen-bond donors (Lipinski definition) is 1. The molecule has 144 valence electrons. The molecule has 0 saturated carbocycles. The van der Waals surface area contributed by atoms with Gasteiger partial charge in [-0.2, -0.15) is 5.10 Å². The molecule has 0 fully saturated rings. The molecule has 0 saturated heterocycles. The summed E-state index contributed by atoms with van der Waals surface area (Å²) in [5, 5.41) is 8.24. The van der Waals surface area contributed by atoms with Gasteiger partial charge in [0.05, 0.1) is 24.2 Å². The fourth-order valence-electron chi connectivity index (χ4n) is 3.41. The first-order valence-corrected chi connectivity index (χ1v) is 10.1. The Bertz CT molecular complexity index is 1020. The Balaban J connectivity index is 1.44. The molecule has 1 amide bonds. The Morgan fingerprint density at radius 3 is 3.00 bits per heavy atom. The van der Waals surface area contributed by atoms with Crippen molar-refractivity contribution in [3.63, 3.8) is 0 Å². The second-order valence-corrected chi connectivity index (χ2v) is 7.52. The summed E-state index contributed by atoms with van der Waals surface area (Å²) in [5.41, 5.74) is 4.29. The maximum absolute atomic E-state index is 12.3. The van der Waals surface area contributed by atoms with Crippen LogP contribution in [0.5, 0.6) is 5.75 Å². The van der Waals surface area contributed by atoms with E-state index in [0.717, 1.165) is 35.8 Å². The van der Waals surface area contributed by atoms with Crippen LogP contribution >= 0.6 is 11.8 Å². The number of thioether (sulfide) groups is 1. The number of ether oxygens (including phenoxy) is 1. The number of methoxy groups -OCH3 is 1. The van der Waals surface area contributed by atoms with Gasteiger partial charge in [-0.3, -0.25) is 4.79 Å². The number of carbonyl (C=O) groups excluding carboxylic acids is 1. The Labute approximate surface area is 167 Å². The zero-order chi connectivity index (χ0) is 19.5. The van der Waals surface area contributed by atoms with Crippen molar-refractivity contribution in [3.05, 3.63) is 53.6 Å². The molecule has 1 aromatic carbocycles. The van der Waals surface area contributed by atoms with Crippen LogP contribution in [0.1, 0.15) is 23.4 Å². The third kappa shape index (κ3) is 3.73. The van der Waals surface area contributed by atoms with Crippen molar-refractivity contribution in [3.8, 4) is 11.6 Å². The van der Waals surface area contributed by atoms with Crippen LogP contribution in [0.25, 0.3) is 5.82 Å². The summed E-state index contributed by atoms with van der Waals surface area (Å²) in [4.78, 5) is 21.0. The summed E-state index contributed by atoms with van der Waals surface area (Å²) in [6.07, 6.45) is 4.78. The molecule has 1 aliphatic rings. The van der Waals surface area contributed by atoms with Crippen LogP contribution in [0.3, 0.4) is 0 Å². The van der Waals surface area contributed by atoms with E-state index >= 15 is 0 Å². The molecule has 2 heterocycles. The van der Waals surface area contributed by atoms with Gasteiger partial charge >= 0.3 is 0 Å². The lowest BCUT2D eigenvalue weighted by atomic mass is 10.2. The quantitative estimate of drug-likeness (QED) is 0.510. The predicted octanol–water partition coefficient (Wildman–Crippen LogP) is 3.20. The summed E-state index contributed by atoms with van der Waals surface area (Å²) in [6.45, 7) is 2.04. The smallest absolute Gasteiger partial charge is 0.234 e. The number of fused-ring (bicyclic) bond motifs is 1.